The Labute approximate surface area is 111 Å². The molecule has 6 heteroatoms. The first-order chi connectivity index (χ1) is 9.06. The average Bonchev–Trinajstić information content (AvgIpc) is 2.39. The molecule has 2 rings (SSSR count). The van der Waals surface area contributed by atoms with Crippen molar-refractivity contribution in [2.24, 2.45) is 5.92 Å². The van der Waals surface area contributed by atoms with Crippen LogP contribution in [0, 0.1) is 5.92 Å². The highest BCUT2D eigenvalue weighted by Gasteiger charge is 2.22. The Morgan fingerprint density at radius 2 is 2.26 bits per heavy atom. The highest BCUT2D eigenvalue weighted by atomic mass is 16.4. The van der Waals surface area contributed by atoms with E-state index in [-0.39, 0.29) is 11.6 Å². The summed E-state index contributed by atoms with van der Waals surface area (Å²) in [7, 11) is 0. The van der Waals surface area contributed by atoms with E-state index in [1.807, 2.05) is 4.90 Å². The van der Waals surface area contributed by atoms with Gasteiger partial charge in [0.2, 0.25) is 5.91 Å². The Hall–Kier alpha value is -1.98. The smallest absolute Gasteiger partial charge is 0.354 e. The number of carboxylic acid groups (broad SMARTS) is 1. The van der Waals surface area contributed by atoms with Crippen LogP contribution in [0.1, 0.15) is 35.9 Å². The lowest BCUT2D eigenvalue weighted by molar-refractivity contribution is -0.130. The molecule has 1 saturated heterocycles. The molecule has 0 aliphatic carbocycles. The van der Waals surface area contributed by atoms with Crippen LogP contribution in [0.5, 0.6) is 0 Å². The van der Waals surface area contributed by atoms with Gasteiger partial charge in [-0.15, -0.1) is 0 Å². The largest absolute Gasteiger partial charge is 0.477 e. The minimum atomic E-state index is -1.04. The first-order valence-corrected chi connectivity index (χ1v) is 6.36. The van der Waals surface area contributed by atoms with Crippen LogP contribution in [-0.4, -0.2) is 44.9 Å². The zero-order valence-corrected chi connectivity index (χ0v) is 10.9. The topological polar surface area (TPSA) is 83.4 Å². The summed E-state index contributed by atoms with van der Waals surface area (Å²) in [6.07, 6.45) is 3.99. The number of carboxylic acids is 1. The molecule has 102 valence electrons. The Balaban J connectivity index is 2.02. The van der Waals surface area contributed by atoms with Crippen LogP contribution in [0.15, 0.2) is 12.4 Å². The van der Waals surface area contributed by atoms with Crippen LogP contribution in [-0.2, 0) is 11.2 Å². The molecule has 6 nitrogen and oxygen atoms in total. The summed E-state index contributed by atoms with van der Waals surface area (Å²) >= 11 is 0. The van der Waals surface area contributed by atoms with Crippen molar-refractivity contribution in [1.29, 1.82) is 0 Å². The van der Waals surface area contributed by atoms with Crippen LogP contribution in [0.4, 0.5) is 0 Å². The number of carbonyl (C=O) groups excluding carboxylic acids is 1. The molecule has 0 radical (unpaired) electrons. The maximum Gasteiger partial charge on any atom is 0.354 e. The fourth-order valence-corrected chi connectivity index (χ4v) is 2.44. The second kappa shape index (κ2) is 5.77. The van der Waals surface area contributed by atoms with E-state index in [9.17, 15) is 9.59 Å². The predicted molar refractivity (Wildman–Crippen MR) is 67.7 cm³/mol. The Morgan fingerprint density at radius 1 is 1.47 bits per heavy atom. The number of amides is 1. The molecule has 0 bridgehead atoms. The maximum atomic E-state index is 11.4. The van der Waals surface area contributed by atoms with Gasteiger partial charge in [-0.1, -0.05) is 0 Å². The minimum Gasteiger partial charge on any atom is -0.477 e. The molecular weight excluding hydrogens is 246 g/mol. The molecule has 1 atom stereocenters. The highest BCUT2D eigenvalue weighted by molar-refractivity contribution is 5.85. The first-order valence-electron chi connectivity index (χ1n) is 6.36. The van der Waals surface area contributed by atoms with Crippen molar-refractivity contribution in [2.75, 3.05) is 13.1 Å². The minimum absolute atomic E-state index is 0.0178. The van der Waals surface area contributed by atoms with E-state index < -0.39 is 5.97 Å². The molecule has 0 saturated carbocycles. The van der Waals surface area contributed by atoms with Gasteiger partial charge in [0.1, 0.15) is 6.33 Å². The molecule has 19 heavy (non-hydrogen) atoms. The Bertz CT molecular complexity index is 490. The Kier molecular flexibility index (Phi) is 4.09. The second-order valence-corrected chi connectivity index (χ2v) is 4.88. The van der Waals surface area contributed by atoms with Gasteiger partial charge in [0.15, 0.2) is 5.69 Å². The van der Waals surface area contributed by atoms with E-state index in [2.05, 4.69) is 9.97 Å². The molecule has 1 aromatic rings. The third-order valence-corrected chi connectivity index (χ3v) is 3.40. The number of hydrogen-bond acceptors (Lipinski definition) is 4. The summed E-state index contributed by atoms with van der Waals surface area (Å²) < 4.78 is 0. The van der Waals surface area contributed by atoms with Gasteiger partial charge >= 0.3 is 5.97 Å². The predicted octanol–water partition coefficient (Wildman–Crippen LogP) is 0.976. The first kappa shape index (κ1) is 13.5. The number of piperidine rings is 1. The molecule has 1 amide bonds. The van der Waals surface area contributed by atoms with Crippen molar-refractivity contribution in [1.82, 2.24) is 14.9 Å². The normalized spacial score (nSPS) is 19.2. The van der Waals surface area contributed by atoms with Gasteiger partial charge in [-0.25, -0.2) is 14.8 Å². The van der Waals surface area contributed by atoms with Crippen molar-refractivity contribution in [2.45, 2.75) is 26.2 Å². The van der Waals surface area contributed by atoms with Gasteiger partial charge in [0, 0.05) is 25.7 Å². The number of rotatable bonds is 3. The van der Waals surface area contributed by atoms with E-state index >= 15 is 0 Å². The van der Waals surface area contributed by atoms with Crippen LogP contribution in [0.3, 0.4) is 0 Å². The van der Waals surface area contributed by atoms with Crippen LogP contribution in [0.2, 0.25) is 0 Å². The van der Waals surface area contributed by atoms with Crippen molar-refractivity contribution in [3.05, 3.63) is 23.8 Å². The zero-order valence-electron chi connectivity index (χ0n) is 10.9. The lowest BCUT2D eigenvalue weighted by Crippen LogP contribution is -2.39. The molecule has 1 N–H and O–H groups in total. The van der Waals surface area contributed by atoms with E-state index in [4.69, 9.17) is 5.11 Å². The summed E-state index contributed by atoms with van der Waals surface area (Å²) in [5.74, 6) is -0.606. The van der Waals surface area contributed by atoms with Gasteiger partial charge in [0.05, 0.1) is 0 Å². The summed E-state index contributed by atoms with van der Waals surface area (Å²) in [6, 6.07) is 1.51. The van der Waals surface area contributed by atoms with Gasteiger partial charge in [-0.3, -0.25) is 4.79 Å². The number of nitrogens with zero attached hydrogens (tertiary/aromatic N) is 3. The fraction of sp³-hybridized carbons (Fsp3) is 0.538. The standard InChI is InChI=1S/C13H17N3O3/c1-9(17)16-4-2-3-10(7-16)5-11-6-12(13(18)19)15-8-14-11/h6,8,10H,2-5,7H2,1H3,(H,18,19)/t10-/m0/s1. The van der Waals surface area contributed by atoms with Gasteiger partial charge in [-0.2, -0.15) is 0 Å². The second-order valence-electron chi connectivity index (χ2n) is 4.88. The zero-order chi connectivity index (χ0) is 13.8. The number of aromatic carboxylic acids is 1. The van der Waals surface area contributed by atoms with Gasteiger partial charge in [0.25, 0.3) is 0 Å². The molecule has 1 fully saturated rings. The number of aromatic nitrogens is 2. The lowest BCUT2D eigenvalue weighted by Gasteiger charge is -2.31. The molecule has 0 spiro atoms. The van der Waals surface area contributed by atoms with E-state index in [0.29, 0.717) is 12.3 Å². The molecule has 1 aliphatic rings. The van der Waals surface area contributed by atoms with Gasteiger partial charge < -0.3 is 10.0 Å². The maximum absolute atomic E-state index is 11.4. The highest BCUT2D eigenvalue weighted by Crippen LogP contribution is 2.20. The Morgan fingerprint density at radius 3 is 2.95 bits per heavy atom. The van der Waals surface area contributed by atoms with Crippen molar-refractivity contribution >= 4 is 11.9 Å². The molecule has 2 heterocycles. The van der Waals surface area contributed by atoms with E-state index in [0.717, 1.165) is 31.6 Å². The molecular formula is C13H17N3O3. The quantitative estimate of drug-likeness (QED) is 0.878. The fourth-order valence-electron chi connectivity index (χ4n) is 2.44. The van der Waals surface area contributed by atoms with Crippen LogP contribution < -0.4 is 0 Å². The molecule has 1 aliphatic heterocycles. The van der Waals surface area contributed by atoms with Crippen molar-refractivity contribution < 1.29 is 14.7 Å². The summed E-state index contributed by atoms with van der Waals surface area (Å²) in [5, 5.41) is 8.89. The molecule has 0 unspecified atom stereocenters. The van der Waals surface area contributed by atoms with Crippen LogP contribution in [0.25, 0.3) is 0 Å². The van der Waals surface area contributed by atoms with Gasteiger partial charge in [-0.05, 0) is 31.2 Å². The summed E-state index contributed by atoms with van der Waals surface area (Å²) in [4.78, 5) is 31.9. The summed E-state index contributed by atoms with van der Waals surface area (Å²) in [6.45, 7) is 3.12. The number of likely N-dealkylation sites (tertiary alicyclic amines) is 1. The monoisotopic (exact) mass is 263 g/mol. The number of carbonyl (C=O) groups is 2. The molecule has 1 aromatic heterocycles. The van der Waals surface area contributed by atoms with Crippen molar-refractivity contribution in [3.8, 4) is 0 Å². The SMILES string of the molecule is CC(=O)N1CCC[C@@H](Cc2cc(C(=O)O)ncn2)C1. The van der Waals surface area contributed by atoms with E-state index in [1.165, 1.54) is 12.4 Å². The average molecular weight is 263 g/mol. The van der Waals surface area contributed by atoms with Crippen molar-refractivity contribution in [3.63, 3.8) is 0 Å². The third kappa shape index (κ3) is 3.49. The summed E-state index contributed by atoms with van der Waals surface area (Å²) in [5.41, 5.74) is 0.743. The third-order valence-electron chi connectivity index (χ3n) is 3.40. The lowest BCUT2D eigenvalue weighted by atomic mass is 9.93. The molecule has 0 aromatic carbocycles. The van der Waals surface area contributed by atoms with E-state index in [1.54, 1.807) is 6.92 Å². The number of hydrogen-bond donors (Lipinski definition) is 1. The van der Waals surface area contributed by atoms with Crippen LogP contribution >= 0.6 is 0 Å².